The number of benzene rings is 1. The fraction of sp³-hybridized carbons (Fsp3) is 0.158. The number of urea groups is 1. The van der Waals surface area contributed by atoms with E-state index in [0.717, 1.165) is 16.9 Å². The molecule has 11 heteroatoms. The second-order valence-electron chi connectivity index (χ2n) is 6.16. The molecule has 1 aromatic carbocycles. The molecule has 0 unspecified atom stereocenters. The number of carbonyl (C=O) groups excluding carboxylic acids is 1. The van der Waals surface area contributed by atoms with E-state index in [0.29, 0.717) is 16.3 Å². The normalized spacial score (nSPS) is 11.5. The Kier molecular flexibility index (Phi) is 6.32. The molecule has 0 bridgehead atoms. The number of amides is 2. The lowest BCUT2D eigenvalue weighted by molar-refractivity contribution is -0.139. The van der Waals surface area contributed by atoms with E-state index in [1.165, 1.54) is 18.6 Å². The van der Waals surface area contributed by atoms with Crippen molar-refractivity contribution in [2.75, 3.05) is 12.4 Å². The Morgan fingerprint density at radius 2 is 1.97 bits per heavy atom. The molecule has 156 valence electrons. The molecular formula is C19H18N4O6S. The van der Waals surface area contributed by atoms with Gasteiger partial charge in [-0.3, -0.25) is 0 Å². The molecule has 2 aromatic heterocycles. The molecule has 3 aromatic rings. The predicted molar refractivity (Wildman–Crippen MR) is 109 cm³/mol. The van der Waals surface area contributed by atoms with Crippen molar-refractivity contribution in [3.63, 3.8) is 0 Å². The van der Waals surface area contributed by atoms with Gasteiger partial charge in [-0.05, 0) is 35.9 Å². The summed E-state index contributed by atoms with van der Waals surface area (Å²) in [5.41, 5.74) is 1.35. The Morgan fingerprint density at radius 3 is 2.53 bits per heavy atom. The quantitative estimate of drug-likeness (QED) is 0.368. The molecule has 0 saturated carbocycles. The van der Waals surface area contributed by atoms with Crippen LogP contribution in [0.2, 0.25) is 0 Å². The van der Waals surface area contributed by atoms with Gasteiger partial charge in [0.15, 0.2) is 0 Å². The van der Waals surface area contributed by atoms with E-state index in [2.05, 4.69) is 20.6 Å². The summed E-state index contributed by atoms with van der Waals surface area (Å²) in [5, 5.41) is 23.6. The zero-order valence-electron chi connectivity index (χ0n) is 15.7. The van der Waals surface area contributed by atoms with Crippen molar-refractivity contribution in [1.82, 2.24) is 15.3 Å². The molecule has 0 fully saturated rings. The number of aromatic nitrogens is 2. The molecule has 0 aliphatic carbocycles. The lowest BCUT2D eigenvalue weighted by atomic mass is 10.1. The molecule has 5 N–H and O–H groups in total. The number of thiophene rings is 1. The number of methoxy groups -OCH3 is 1. The Bertz CT molecular complexity index is 1050. The van der Waals surface area contributed by atoms with Crippen LogP contribution in [0.4, 0.5) is 10.5 Å². The van der Waals surface area contributed by atoms with Gasteiger partial charge in [-0.2, -0.15) is 0 Å². The first-order valence-corrected chi connectivity index (χ1v) is 9.48. The molecule has 0 radical (unpaired) electrons. The van der Waals surface area contributed by atoms with E-state index >= 15 is 0 Å². The van der Waals surface area contributed by atoms with Crippen LogP contribution in [0, 0.1) is 0 Å². The van der Waals surface area contributed by atoms with Crippen LogP contribution in [0.25, 0.3) is 10.4 Å². The fourth-order valence-electron chi connectivity index (χ4n) is 2.67. The minimum absolute atomic E-state index is 0.00469. The number of carboxylic acids is 2. The first kappa shape index (κ1) is 20.9. The lowest BCUT2D eigenvalue weighted by Gasteiger charge is -2.14. The van der Waals surface area contributed by atoms with Gasteiger partial charge in [-0.1, -0.05) is 0 Å². The minimum atomic E-state index is -1.23. The van der Waals surface area contributed by atoms with E-state index in [9.17, 15) is 24.6 Å². The number of ether oxygens (including phenoxy) is 1. The van der Waals surface area contributed by atoms with Gasteiger partial charge in [-0.25, -0.2) is 19.4 Å². The molecule has 10 nitrogen and oxygen atoms in total. The zero-order valence-corrected chi connectivity index (χ0v) is 16.5. The first-order valence-electron chi connectivity index (χ1n) is 8.66. The molecule has 2 amide bonds. The summed E-state index contributed by atoms with van der Waals surface area (Å²) >= 11 is 0.993. The van der Waals surface area contributed by atoms with Crippen LogP contribution < -0.4 is 15.4 Å². The van der Waals surface area contributed by atoms with Crippen molar-refractivity contribution in [3.05, 3.63) is 53.4 Å². The van der Waals surface area contributed by atoms with Crippen LogP contribution in [-0.2, 0) is 11.2 Å². The smallest absolute Gasteiger partial charge is 0.348 e. The monoisotopic (exact) mass is 430 g/mol. The van der Waals surface area contributed by atoms with Gasteiger partial charge < -0.3 is 30.6 Å². The Labute approximate surface area is 174 Å². The Morgan fingerprint density at radius 1 is 1.23 bits per heavy atom. The third kappa shape index (κ3) is 4.94. The van der Waals surface area contributed by atoms with Crippen molar-refractivity contribution in [2.24, 2.45) is 0 Å². The summed E-state index contributed by atoms with van der Waals surface area (Å²) in [6.07, 6.45) is 2.85. The minimum Gasteiger partial charge on any atom is -0.497 e. The number of aromatic amines is 1. The molecule has 0 saturated heterocycles. The fourth-order valence-corrected chi connectivity index (χ4v) is 3.63. The van der Waals surface area contributed by atoms with Crippen LogP contribution in [0.1, 0.15) is 15.4 Å². The van der Waals surface area contributed by atoms with Gasteiger partial charge in [0.05, 0.1) is 19.1 Å². The van der Waals surface area contributed by atoms with Gasteiger partial charge >= 0.3 is 18.0 Å². The van der Waals surface area contributed by atoms with Gasteiger partial charge in [0.1, 0.15) is 16.7 Å². The van der Waals surface area contributed by atoms with E-state index in [1.54, 1.807) is 31.4 Å². The standard InChI is InChI=1S/C19H18N4O6S/c1-29-12-4-2-10(3-5-12)15-7-13(16(30-15)18(26)27)22-19(28)23-14(17(24)25)6-11-8-20-9-21-11/h2-5,7-9,14H,6H2,1H3,(H,20,21)(H,24,25)(H,26,27)(H2,22,23,28)/t14-/m0/s1. The van der Waals surface area contributed by atoms with Crippen LogP contribution >= 0.6 is 11.3 Å². The third-order valence-electron chi connectivity index (χ3n) is 4.13. The van der Waals surface area contributed by atoms with E-state index < -0.39 is 24.0 Å². The molecule has 0 aliphatic heterocycles. The summed E-state index contributed by atoms with van der Waals surface area (Å²) in [6.45, 7) is 0. The highest BCUT2D eigenvalue weighted by Crippen LogP contribution is 2.35. The van der Waals surface area contributed by atoms with Crippen molar-refractivity contribution in [2.45, 2.75) is 12.5 Å². The number of hydrogen-bond donors (Lipinski definition) is 5. The van der Waals surface area contributed by atoms with Crippen molar-refractivity contribution in [3.8, 4) is 16.2 Å². The number of nitrogens with zero attached hydrogens (tertiary/aromatic N) is 1. The van der Waals surface area contributed by atoms with Crippen LogP contribution in [-0.4, -0.2) is 51.3 Å². The summed E-state index contributed by atoms with van der Waals surface area (Å²) in [7, 11) is 1.54. The zero-order chi connectivity index (χ0) is 21.7. The van der Waals surface area contributed by atoms with Crippen LogP contribution in [0.3, 0.4) is 0 Å². The molecule has 2 heterocycles. The molecule has 30 heavy (non-hydrogen) atoms. The summed E-state index contributed by atoms with van der Waals surface area (Å²) in [5.74, 6) is -1.78. The first-order chi connectivity index (χ1) is 14.4. The third-order valence-corrected chi connectivity index (χ3v) is 5.30. The highest BCUT2D eigenvalue weighted by molar-refractivity contribution is 7.18. The average molecular weight is 430 g/mol. The number of rotatable bonds is 8. The van der Waals surface area contributed by atoms with Crippen molar-refractivity contribution in [1.29, 1.82) is 0 Å². The Balaban J connectivity index is 1.76. The number of aromatic carboxylic acids is 1. The van der Waals surface area contributed by atoms with Gasteiger partial charge in [0.2, 0.25) is 0 Å². The van der Waals surface area contributed by atoms with Crippen molar-refractivity contribution < 1.29 is 29.3 Å². The summed E-state index contributed by atoms with van der Waals surface area (Å²) in [6, 6.07) is 6.49. The van der Waals surface area contributed by atoms with E-state index in [4.69, 9.17) is 4.74 Å². The molecule has 1 atom stereocenters. The summed E-state index contributed by atoms with van der Waals surface area (Å²) < 4.78 is 5.11. The lowest BCUT2D eigenvalue weighted by Crippen LogP contribution is -2.44. The van der Waals surface area contributed by atoms with Gasteiger partial charge in [0, 0.05) is 23.2 Å². The van der Waals surface area contributed by atoms with Crippen molar-refractivity contribution >= 4 is 35.0 Å². The molecule has 0 spiro atoms. The van der Waals surface area contributed by atoms with E-state index in [-0.39, 0.29) is 17.0 Å². The maximum atomic E-state index is 12.3. The number of nitrogens with one attached hydrogen (secondary N) is 3. The van der Waals surface area contributed by atoms with Gasteiger partial charge in [-0.15, -0.1) is 11.3 Å². The Hall–Kier alpha value is -3.86. The topological polar surface area (TPSA) is 154 Å². The molecular weight excluding hydrogens is 412 g/mol. The maximum Gasteiger partial charge on any atom is 0.348 e. The summed E-state index contributed by atoms with van der Waals surface area (Å²) in [4.78, 5) is 42.5. The molecule has 3 rings (SSSR count). The second kappa shape index (κ2) is 9.09. The average Bonchev–Trinajstić information content (AvgIpc) is 3.37. The maximum absolute atomic E-state index is 12.3. The number of carboxylic acid groups (broad SMARTS) is 2. The largest absolute Gasteiger partial charge is 0.497 e. The number of H-pyrrole nitrogens is 1. The number of aliphatic carboxylic acids is 1. The second-order valence-corrected chi connectivity index (χ2v) is 7.21. The predicted octanol–water partition coefficient (Wildman–Crippen LogP) is 2.66. The number of hydrogen-bond acceptors (Lipinski definition) is 6. The highest BCUT2D eigenvalue weighted by atomic mass is 32.1. The number of carbonyl (C=O) groups is 3. The van der Waals surface area contributed by atoms with Crippen LogP contribution in [0.5, 0.6) is 5.75 Å². The highest BCUT2D eigenvalue weighted by Gasteiger charge is 2.23. The number of anilines is 1. The van der Waals surface area contributed by atoms with E-state index in [1.807, 2.05) is 0 Å². The van der Waals surface area contributed by atoms with Crippen LogP contribution in [0.15, 0.2) is 42.9 Å². The number of imidazole rings is 1. The SMILES string of the molecule is COc1ccc(-c2cc(NC(=O)N[C@@H](Cc3cnc[nH]3)C(=O)O)c(C(=O)O)s2)cc1. The molecule has 0 aliphatic rings. The van der Waals surface area contributed by atoms with Gasteiger partial charge in [0.25, 0.3) is 0 Å².